The molecule has 0 saturated carbocycles. The summed E-state index contributed by atoms with van der Waals surface area (Å²) in [5, 5.41) is 3.29. The van der Waals surface area contributed by atoms with Crippen LogP contribution in [0.4, 0.5) is 0 Å². The van der Waals surface area contributed by atoms with Gasteiger partial charge in [-0.1, -0.05) is 0 Å². The molecule has 3 heteroatoms. The van der Waals surface area contributed by atoms with Crippen molar-refractivity contribution < 1.29 is 9.53 Å². The Morgan fingerprint density at radius 1 is 1.62 bits per heavy atom. The minimum atomic E-state index is -0.0521. The van der Waals surface area contributed by atoms with Gasteiger partial charge in [-0.2, -0.15) is 0 Å². The summed E-state index contributed by atoms with van der Waals surface area (Å²) < 4.78 is 5.09. The second kappa shape index (κ2) is 5.22. The second-order valence-corrected chi connectivity index (χ2v) is 3.96. The molecule has 0 aromatic carbocycles. The van der Waals surface area contributed by atoms with Gasteiger partial charge in [0.05, 0.1) is 6.10 Å². The number of hydrogen-bond donors (Lipinski definition) is 1. The van der Waals surface area contributed by atoms with Crippen molar-refractivity contribution in [1.82, 2.24) is 5.32 Å². The number of nitrogens with one attached hydrogen (secondary N) is 1. The van der Waals surface area contributed by atoms with E-state index in [1.54, 1.807) is 0 Å². The van der Waals surface area contributed by atoms with Gasteiger partial charge in [-0.15, -0.1) is 0 Å². The van der Waals surface area contributed by atoms with Crippen molar-refractivity contribution in [2.75, 3.05) is 13.1 Å². The van der Waals surface area contributed by atoms with E-state index in [1.807, 2.05) is 13.8 Å². The molecule has 1 saturated heterocycles. The smallest absolute Gasteiger partial charge is 0.306 e. The molecule has 0 bridgehead atoms. The Morgan fingerprint density at radius 3 is 2.92 bits per heavy atom. The fourth-order valence-corrected chi connectivity index (χ4v) is 1.64. The Bertz CT molecular complexity index is 162. The maximum absolute atomic E-state index is 11.3. The van der Waals surface area contributed by atoms with Crippen LogP contribution in [-0.4, -0.2) is 25.2 Å². The van der Waals surface area contributed by atoms with Gasteiger partial charge in [0.25, 0.3) is 0 Å². The van der Waals surface area contributed by atoms with E-state index in [1.165, 1.54) is 6.42 Å². The number of piperidine rings is 1. The van der Waals surface area contributed by atoms with Crippen molar-refractivity contribution in [3.63, 3.8) is 0 Å². The van der Waals surface area contributed by atoms with E-state index in [4.69, 9.17) is 4.74 Å². The largest absolute Gasteiger partial charge is 0.463 e. The highest BCUT2D eigenvalue weighted by atomic mass is 16.5. The summed E-state index contributed by atoms with van der Waals surface area (Å²) >= 11 is 0. The molecule has 0 aromatic rings. The number of carbonyl (C=O) groups is 1. The molecule has 1 atom stereocenters. The van der Waals surface area contributed by atoms with Crippen LogP contribution in [0.2, 0.25) is 0 Å². The summed E-state index contributed by atoms with van der Waals surface area (Å²) in [6, 6.07) is 0. The molecule has 0 amide bonds. The molecule has 1 N–H and O–H groups in total. The Labute approximate surface area is 79.8 Å². The molecule has 0 aromatic heterocycles. The molecular formula is C10H19NO2. The highest BCUT2D eigenvalue weighted by molar-refractivity contribution is 5.69. The quantitative estimate of drug-likeness (QED) is 0.674. The second-order valence-electron chi connectivity index (χ2n) is 3.96. The first kappa shape index (κ1) is 10.5. The lowest BCUT2D eigenvalue weighted by molar-refractivity contribution is -0.148. The molecule has 1 unspecified atom stereocenters. The average Bonchev–Trinajstić information content (AvgIpc) is 2.04. The standard InChI is InChI=1S/C10H19NO2/c1-8(2)13-10(12)6-9-4-3-5-11-7-9/h8-9,11H,3-7H2,1-2H3. The van der Waals surface area contributed by atoms with E-state index in [-0.39, 0.29) is 12.1 Å². The van der Waals surface area contributed by atoms with Crippen molar-refractivity contribution in [2.45, 2.75) is 39.2 Å². The van der Waals surface area contributed by atoms with E-state index >= 15 is 0 Å². The fraction of sp³-hybridized carbons (Fsp3) is 0.900. The van der Waals surface area contributed by atoms with Gasteiger partial charge in [0.2, 0.25) is 0 Å². The van der Waals surface area contributed by atoms with E-state index in [2.05, 4.69) is 5.32 Å². The maximum atomic E-state index is 11.3. The van der Waals surface area contributed by atoms with E-state index in [9.17, 15) is 4.79 Å². The van der Waals surface area contributed by atoms with Crippen LogP contribution in [0.3, 0.4) is 0 Å². The lowest BCUT2D eigenvalue weighted by Gasteiger charge is -2.22. The lowest BCUT2D eigenvalue weighted by Crippen LogP contribution is -2.31. The zero-order valence-corrected chi connectivity index (χ0v) is 8.51. The summed E-state index contributed by atoms with van der Waals surface area (Å²) in [6.45, 7) is 5.83. The molecule has 1 aliphatic heterocycles. The van der Waals surface area contributed by atoms with Gasteiger partial charge in [-0.05, 0) is 45.7 Å². The molecule has 3 nitrogen and oxygen atoms in total. The predicted octanol–water partition coefficient (Wildman–Crippen LogP) is 1.33. The van der Waals surface area contributed by atoms with Gasteiger partial charge in [0.15, 0.2) is 0 Å². The van der Waals surface area contributed by atoms with Gasteiger partial charge >= 0.3 is 5.97 Å². The topological polar surface area (TPSA) is 38.3 Å². The molecule has 13 heavy (non-hydrogen) atoms. The van der Waals surface area contributed by atoms with E-state index in [0.717, 1.165) is 19.5 Å². The SMILES string of the molecule is CC(C)OC(=O)CC1CCCNC1. The Kier molecular flexibility index (Phi) is 4.22. The van der Waals surface area contributed by atoms with Gasteiger partial charge < -0.3 is 10.1 Å². The number of carbonyl (C=O) groups excluding carboxylic acids is 1. The molecule has 76 valence electrons. The Morgan fingerprint density at radius 2 is 2.38 bits per heavy atom. The Hall–Kier alpha value is -0.570. The number of esters is 1. The normalized spacial score (nSPS) is 23.2. The monoisotopic (exact) mass is 185 g/mol. The molecule has 1 rings (SSSR count). The van der Waals surface area contributed by atoms with Crippen LogP contribution >= 0.6 is 0 Å². The zero-order chi connectivity index (χ0) is 9.68. The van der Waals surface area contributed by atoms with Gasteiger partial charge in [-0.25, -0.2) is 0 Å². The highest BCUT2D eigenvalue weighted by Gasteiger charge is 2.17. The fourth-order valence-electron chi connectivity index (χ4n) is 1.64. The van der Waals surface area contributed by atoms with Crippen LogP contribution in [0.5, 0.6) is 0 Å². The van der Waals surface area contributed by atoms with Crippen LogP contribution in [0.25, 0.3) is 0 Å². The van der Waals surface area contributed by atoms with Crippen molar-refractivity contribution in [1.29, 1.82) is 0 Å². The van der Waals surface area contributed by atoms with Crippen LogP contribution in [0.15, 0.2) is 0 Å². The summed E-state index contributed by atoms with van der Waals surface area (Å²) in [5.74, 6) is 0.434. The van der Waals surface area contributed by atoms with Crippen molar-refractivity contribution in [3.05, 3.63) is 0 Å². The molecule has 1 heterocycles. The summed E-state index contributed by atoms with van der Waals surface area (Å²) in [5.41, 5.74) is 0. The molecule has 0 aliphatic carbocycles. The number of rotatable bonds is 3. The van der Waals surface area contributed by atoms with Crippen LogP contribution in [0.1, 0.15) is 33.1 Å². The third kappa shape index (κ3) is 4.27. The van der Waals surface area contributed by atoms with Crippen molar-refractivity contribution >= 4 is 5.97 Å². The van der Waals surface area contributed by atoms with Crippen LogP contribution in [0, 0.1) is 5.92 Å². The third-order valence-electron chi connectivity index (χ3n) is 2.22. The summed E-state index contributed by atoms with van der Waals surface area (Å²) in [4.78, 5) is 11.3. The molecule has 1 aliphatic rings. The molecule has 1 fully saturated rings. The van der Waals surface area contributed by atoms with Gasteiger partial charge in [0, 0.05) is 6.42 Å². The average molecular weight is 185 g/mol. The zero-order valence-electron chi connectivity index (χ0n) is 8.51. The first-order valence-corrected chi connectivity index (χ1v) is 5.08. The predicted molar refractivity (Wildman–Crippen MR) is 51.4 cm³/mol. The summed E-state index contributed by atoms with van der Waals surface area (Å²) in [7, 11) is 0. The molecular weight excluding hydrogens is 166 g/mol. The minimum absolute atomic E-state index is 0.0176. The van der Waals surface area contributed by atoms with Gasteiger partial charge in [-0.3, -0.25) is 4.79 Å². The third-order valence-corrected chi connectivity index (χ3v) is 2.22. The molecule has 0 spiro atoms. The van der Waals surface area contributed by atoms with Crippen LogP contribution in [-0.2, 0) is 9.53 Å². The van der Waals surface area contributed by atoms with E-state index in [0.29, 0.717) is 12.3 Å². The molecule has 0 radical (unpaired) electrons. The van der Waals surface area contributed by atoms with Crippen LogP contribution < -0.4 is 5.32 Å². The highest BCUT2D eigenvalue weighted by Crippen LogP contribution is 2.14. The lowest BCUT2D eigenvalue weighted by atomic mass is 9.96. The number of hydrogen-bond acceptors (Lipinski definition) is 3. The maximum Gasteiger partial charge on any atom is 0.306 e. The minimum Gasteiger partial charge on any atom is -0.463 e. The Balaban J connectivity index is 2.18. The summed E-state index contributed by atoms with van der Waals surface area (Å²) in [6.07, 6.45) is 2.93. The first-order valence-electron chi connectivity index (χ1n) is 5.08. The number of ether oxygens (including phenoxy) is 1. The van der Waals surface area contributed by atoms with E-state index < -0.39 is 0 Å². The van der Waals surface area contributed by atoms with Crippen molar-refractivity contribution in [2.24, 2.45) is 5.92 Å². The van der Waals surface area contributed by atoms with Gasteiger partial charge in [0.1, 0.15) is 0 Å². The van der Waals surface area contributed by atoms with Crippen molar-refractivity contribution in [3.8, 4) is 0 Å². The first-order chi connectivity index (χ1) is 6.18.